The standard InChI is InChI=1S/C33H36N4O6/c1-21-23(8-7-22-19-36(14-11-26(21)22)24-12-15-42-16-13-24)20-43-30-10-9-25(40-2)17-27(30)29-5-4-6-31(35-29)37-32(41-3)28(18-34-37)33(38)39/h4-10,17-18,24H,11-16,19-20H2,1-3H3,(H,38,39). The normalized spacial score (nSPS) is 15.6. The highest BCUT2D eigenvalue weighted by Gasteiger charge is 2.27. The summed E-state index contributed by atoms with van der Waals surface area (Å²) >= 11 is 0. The van der Waals surface area contributed by atoms with Gasteiger partial charge in [-0.1, -0.05) is 18.2 Å². The molecule has 4 aromatic rings. The van der Waals surface area contributed by atoms with Crippen molar-refractivity contribution in [1.29, 1.82) is 0 Å². The maximum Gasteiger partial charge on any atom is 0.342 e. The summed E-state index contributed by atoms with van der Waals surface area (Å²) in [5.74, 6) is 0.705. The molecule has 43 heavy (non-hydrogen) atoms. The van der Waals surface area contributed by atoms with E-state index in [0.29, 0.717) is 35.7 Å². The van der Waals surface area contributed by atoms with E-state index in [-0.39, 0.29) is 11.4 Å². The van der Waals surface area contributed by atoms with E-state index in [1.54, 1.807) is 13.2 Å². The first-order chi connectivity index (χ1) is 21.0. The maximum atomic E-state index is 11.6. The number of carboxylic acid groups (broad SMARTS) is 1. The Labute approximate surface area is 250 Å². The van der Waals surface area contributed by atoms with Crippen LogP contribution in [0.2, 0.25) is 0 Å². The van der Waals surface area contributed by atoms with E-state index in [1.807, 2.05) is 30.3 Å². The minimum atomic E-state index is -1.13. The van der Waals surface area contributed by atoms with E-state index in [2.05, 4.69) is 29.1 Å². The molecule has 1 saturated heterocycles. The third kappa shape index (κ3) is 5.80. The van der Waals surface area contributed by atoms with Gasteiger partial charge in [-0.15, -0.1) is 0 Å². The van der Waals surface area contributed by atoms with E-state index in [4.69, 9.17) is 23.9 Å². The summed E-state index contributed by atoms with van der Waals surface area (Å²) in [4.78, 5) is 19.0. The Bertz CT molecular complexity index is 1630. The summed E-state index contributed by atoms with van der Waals surface area (Å²) in [6, 6.07) is 16.1. The largest absolute Gasteiger partial charge is 0.497 e. The van der Waals surface area contributed by atoms with Crippen LogP contribution in [0, 0.1) is 6.92 Å². The van der Waals surface area contributed by atoms with Crippen molar-refractivity contribution in [3.8, 4) is 34.5 Å². The van der Waals surface area contributed by atoms with Crippen LogP contribution >= 0.6 is 0 Å². The average Bonchev–Trinajstić information content (AvgIpc) is 3.50. The Balaban J connectivity index is 1.25. The second-order valence-corrected chi connectivity index (χ2v) is 10.9. The lowest BCUT2D eigenvalue weighted by molar-refractivity contribution is 0.0290. The molecule has 0 aliphatic carbocycles. The molecule has 2 aliphatic heterocycles. The van der Waals surface area contributed by atoms with Crippen LogP contribution in [-0.2, 0) is 24.3 Å². The molecule has 1 N–H and O–H groups in total. The number of fused-ring (bicyclic) bond motifs is 1. The molecule has 0 atom stereocenters. The molecule has 0 radical (unpaired) electrons. The van der Waals surface area contributed by atoms with Gasteiger partial charge < -0.3 is 24.1 Å². The summed E-state index contributed by atoms with van der Waals surface area (Å²) in [6.45, 7) is 6.39. The number of aromatic carboxylic acids is 1. The lowest BCUT2D eigenvalue weighted by Crippen LogP contribution is -2.42. The molecular formula is C33H36N4O6. The number of nitrogens with zero attached hydrogens (tertiary/aromatic N) is 4. The summed E-state index contributed by atoms with van der Waals surface area (Å²) in [5.41, 5.74) is 6.61. The number of methoxy groups -OCH3 is 2. The van der Waals surface area contributed by atoms with Crippen molar-refractivity contribution >= 4 is 5.97 Å². The second-order valence-electron chi connectivity index (χ2n) is 10.9. The number of pyridine rings is 1. The zero-order chi connectivity index (χ0) is 29.9. The van der Waals surface area contributed by atoms with Gasteiger partial charge in [0.05, 0.1) is 26.1 Å². The van der Waals surface area contributed by atoms with Gasteiger partial charge in [0.2, 0.25) is 5.88 Å². The van der Waals surface area contributed by atoms with Gasteiger partial charge in [-0.3, -0.25) is 4.90 Å². The quantitative estimate of drug-likeness (QED) is 0.288. The first-order valence-electron chi connectivity index (χ1n) is 14.5. The van der Waals surface area contributed by atoms with Gasteiger partial charge in [0, 0.05) is 37.9 Å². The van der Waals surface area contributed by atoms with Gasteiger partial charge >= 0.3 is 5.97 Å². The van der Waals surface area contributed by atoms with E-state index in [9.17, 15) is 9.90 Å². The molecule has 4 heterocycles. The van der Waals surface area contributed by atoms with Crippen LogP contribution < -0.4 is 14.2 Å². The first kappa shape index (κ1) is 28.7. The molecule has 1 fully saturated rings. The van der Waals surface area contributed by atoms with Gasteiger partial charge in [-0.05, 0) is 78.8 Å². The van der Waals surface area contributed by atoms with Gasteiger partial charge in [0.25, 0.3) is 0 Å². The zero-order valence-corrected chi connectivity index (χ0v) is 24.7. The number of benzene rings is 2. The summed E-state index contributed by atoms with van der Waals surface area (Å²) in [5, 5.41) is 13.7. The van der Waals surface area contributed by atoms with Crippen molar-refractivity contribution in [1.82, 2.24) is 19.7 Å². The monoisotopic (exact) mass is 584 g/mol. The molecule has 10 heteroatoms. The van der Waals surface area contributed by atoms with Crippen molar-refractivity contribution in [3.05, 3.63) is 82.5 Å². The third-order valence-corrected chi connectivity index (χ3v) is 8.48. The predicted molar refractivity (Wildman–Crippen MR) is 160 cm³/mol. The molecular weight excluding hydrogens is 548 g/mol. The van der Waals surface area contributed by atoms with Crippen molar-refractivity contribution in [2.24, 2.45) is 0 Å². The fourth-order valence-corrected chi connectivity index (χ4v) is 6.08. The fourth-order valence-electron chi connectivity index (χ4n) is 6.08. The van der Waals surface area contributed by atoms with Crippen LogP contribution in [-0.4, -0.2) is 70.8 Å². The van der Waals surface area contributed by atoms with Crippen molar-refractivity contribution in [3.63, 3.8) is 0 Å². The highest BCUT2D eigenvalue weighted by Crippen LogP contribution is 2.35. The molecule has 0 amide bonds. The van der Waals surface area contributed by atoms with Gasteiger partial charge in [0.1, 0.15) is 23.7 Å². The smallest absolute Gasteiger partial charge is 0.342 e. The minimum Gasteiger partial charge on any atom is -0.497 e. The summed E-state index contributed by atoms with van der Waals surface area (Å²) in [7, 11) is 3.02. The van der Waals surface area contributed by atoms with Crippen molar-refractivity contribution < 1.29 is 28.8 Å². The van der Waals surface area contributed by atoms with E-state index in [1.165, 1.54) is 34.7 Å². The number of rotatable bonds is 9. The second kappa shape index (κ2) is 12.4. The van der Waals surface area contributed by atoms with Crippen molar-refractivity contribution in [2.45, 2.75) is 45.4 Å². The third-order valence-electron chi connectivity index (χ3n) is 8.48. The number of hydrogen-bond acceptors (Lipinski definition) is 8. The highest BCUT2D eigenvalue weighted by molar-refractivity contribution is 5.90. The van der Waals surface area contributed by atoms with Crippen LogP contribution in [0.15, 0.2) is 54.7 Å². The van der Waals surface area contributed by atoms with Crippen LogP contribution in [0.5, 0.6) is 17.4 Å². The van der Waals surface area contributed by atoms with Crippen LogP contribution in [0.3, 0.4) is 0 Å². The molecule has 0 spiro atoms. The van der Waals surface area contributed by atoms with Crippen LogP contribution in [0.25, 0.3) is 17.1 Å². The summed E-state index contributed by atoms with van der Waals surface area (Å²) in [6.07, 6.45) is 4.51. The topological polar surface area (TPSA) is 108 Å². The lowest BCUT2D eigenvalue weighted by Gasteiger charge is -2.38. The number of carbonyl (C=O) groups is 1. The Morgan fingerprint density at radius 1 is 1.09 bits per heavy atom. The Morgan fingerprint density at radius 3 is 2.70 bits per heavy atom. The first-order valence-corrected chi connectivity index (χ1v) is 14.5. The molecule has 224 valence electrons. The van der Waals surface area contributed by atoms with Crippen molar-refractivity contribution in [2.75, 3.05) is 34.0 Å². The van der Waals surface area contributed by atoms with Crippen LogP contribution in [0.1, 0.15) is 45.5 Å². The SMILES string of the molecule is COc1ccc(OCc2ccc3c(c2C)CCN(C2CCOCC2)C3)c(-c2cccc(-n3ncc(C(=O)O)c3OC)n2)c1. The highest BCUT2D eigenvalue weighted by atomic mass is 16.5. The van der Waals surface area contributed by atoms with Gasteiger partial charge in [0.15, 0.2) is 5.82 Å². The lowest BCUT2D eigenvalue weighted by atomic mass is 9.90. The predicted octanol–water partition coefficient (Wildman–Crippen LogP) is 5.07. The maximum absolute atomic E-state index is 11.6. The molecule has 10 nitrogen and oxygen atoms in total. The van der Waals surface area contributed by atoms with Crippen LogP contribution in [0.4, 0.5) is 0 Å². The molecule has 2 aromatic heterocycles. The Hall–Kier alpha value is -4.41. The Morgan fingerprint density at radius 2 is 1.93 bits per heavy atom. The number of hydrogen-bond donors (Lipinski definition) is 1. The average molecular weight is 585 g/mol. The number of carboxylic acids is 1. The molecule has 2 aliphatic rings. The fraction of sp³-hybridized carbons (Fsp3) is 0.364. The van der Waals surface area contributed by atoms with E-state index >= 15 is 0 Å². The minimum absolute atomic E-state index is 0.0446. The van der Waals surface area contributed by atoms with Gasteiger partial charge in [-0.25, -0.2) is 9.78 Å². The number of ether oxygens (including phenoxy) is 4. The Kier molecular flexibility index (Phi) is 8.31. The molecule has 2 aromatic carbocycles. The molecule has 0 unspecified atom stereocenters. The molecule has 0 saturated carbocycles. The zero-order valence-electron chi connectivity index (χ0n) is 24.7. The number of aromatic nitrogens is 3. The van der Waals surface area contributed by atoms with Gasteiger partial charge in [-0.2, -0.15) is 9.78 Å². The molecule has 6 rings (SSSR count). The molecule has 0 bridgehead atoms. The van der Waals surface area contributed by atoms with E-state index < -0.39 is 5.97 Å². The van der Waals surface area contributed by atoms with E-state index in [0.717, 1.165) is 56.7 Å². The summed E-state index contributed by atoms with van der Waals surface area (Å²) < 4.78 is 24.2.